The van der Waals surface area contributed by atoms with Crippen molar-refractivity contribution < 1.29 is 9.84 Å². The fraction of sp³-hybridized carbons (Fsp3) is 0.368. The van der Waals surface area contributed by atoms with Crippen LogP contribution in [0.3, 0.4) is 0 Å². The molecule has 1 aliphatic rings. The Morgan fingerprint density at radius 2 is 1.64 bits per heavy atom. The Morgan fingerprint density at radius 1 is 0.955 bits per heavy atom. The second-order valence-corrected chi connectivity index (χ2v) is 5.78. The Kier molecular flexibility index (Phi) is 5.09. The van der Waals surface area contributed by atoms with Crippen molar-refractivity contribution >= 4 is 0 Å². The third kappa shape index (κ3) is 3.67. The lowest BCUT2D eigenvalue weighted by molar-refractivity contribution is 0.147. The van der Waals surface area contributed by atoms with Gasteiger partial charge in [0.1, 0.15) is 12.4 Å². The van der Waals surface area contributed by atoms with Crippen molar-refractivity contribution in [1.82, 2.24) is 4.90 Å². The van der Waals surface area contributed by atoms with E-state index in [1.807, 2.05) is 30.3 Å². The van der Waals surface area contributed by atoms with E-state index in [4.69, 9.17) is 4.74 Å². The molecule has 0 aliphatic carbocycles. The van der Waals surface area contributed by atoms with Crippen molar-refractivity contribution in [3.8, 4) is 5.75 Å². The number of hydrogen-bond donors (Lipinski definition) is 1. The van der Waals surface area contributed by atoms with Gasteiger partial charge in [-0.15, -0.1) is 0 Å². The molecule has 0 spiro atoms. The van der Waals surface area contributed by atoms with E-state index in [9.17, 15) is 5.11 Å². The van der Waals surface area contributed by atoms with Crippen LogP contribution in [-0.4, -0.2) is 29.7 Å². The summed E-state index contributed by atoms with van der Waals surface area (Å²) in [6.07, 6.45) is 2.46. The average molecular weight is 297 g/mol. The Labute approximate surface area is 132 Å². The molecule has 3 rings (SSSR count). The fourth-order valence-corrected chi connectivity index (χ4v) is 3.01. The van der Waals surface area contributed by atoms with E-state index in [0.29, 0.717) is 6.61 Å². The predicted molar refractivity (Wildman–Crippen MR) is 87.8 cm³/mol. The molecule has 116 valence electrons. The van der Waals surface area contributed by atoms with Gasteiger partial charge < -0.3 is 9.84 Å². The number of nitrogens with zero attached hydrogens (tertiary/aromatic N) is 1. The van der Waals surface area contributed by atoms with Gasteiger partial charge >= 0.3 is 0 Å². The molecule has 2 aromatic rings. The van der Waals surface area contributed by atoms with Crippen molar-refractivity contribution in [1.29, 1.82) is 0 Å². The number of benzene rings is 2. The molecule has 1 fully saturated rings. The van der Waals surface area contributed by atoms with Crippen LogP contribution in [0.2, 0.25) is 0 Å². The second kappa shape index (κ2) is 7.43. The van der Waals surface area contributed by atoms with E-state index in [1.54, 1.807) is 0 Å². The predicted octanol–water partition coefficient (Wildman–Crippen LogP) is 3.39. The van der Waals surface area contributed by atoms with Gasteiger partial charge in [-0.3, -0.25) is 4.90 Å². The van der Waals surface area contributed by atoms with Crippen LogP contribution in [0.15, 0.2) is 54.6 Å². The van der Waals surface area contributed by atoms with Crippen LogP contribution in [0.4, 0.5) is 0 Å². The molecular formula is C19H23NO2. The first-order chi connectivity index (χ1) is 10.9. The molecule has 1 N–H and O–H groups in total. The first-order valence-electron chi connectivity index (χ1n) is 7.98. The monoisotopic (exact) mass is 297 g/mol. The lowest BCUT2D eigenvalue weighted by atomic mass is 10.1. The summed E-state index contributed by atoms with van der Waals surface area (Å²) in [6.45, 7) is 2.91. The standard InChI is InChI=1S/C19H23NO2/c21-14-19(20-12-4-5-13-20)17-8-10-18(11-9-17)22-15-16-6-2-1-3-7-16/h1-3,6-11,19,21H,4-5,12-15H2/t19-/m0/s1. The summed E-state index contributed by atoms with van der Waals surface area (Å²) < 4.78 is 5.81. The molecule has 0 bridgehead atoms. The van der Waals surface area contributed by atoms with E-state index in [-0.39, 0.29) is 12.6 Å². The Morgan fingerprint density at radius 3 is 2.27 bits per heavy atom. The maximum absolute atomic E-state index is 9.69. The van der Waals surface area contributed by atoms with E-state index < -0.39 is 0 Å². The van der Waals surface area contributed by atoms with Gasteiger partial charge in [-0.2, -0.15) is 0 Å². The average Bonchev–Trinajstić information content (AvgIpc) is 3.10. The molecule has 1 atom stereocenters. The van der Waals surface area contributed by atoms with Crippen molar-refractivity contribution in [3.63, 3.8) is 0 Å². The molecular weight excluding hydrogens is 274 g/mol. The molecule has 0 radical (unpaired) electrons. The quantitative estimate of drug-likeness (QED) is 0.887. The summed E-state index contributed by atoms with van der Waals surface area (Å²) in [5.41, 5.74) is 2.33. The second-order valence-electron chi connectivity index (χ2n) is 5.78. The summed E-state index contributed by atoms with van der Waals surface area (Å²) in [4.78, 5) is 2.36. The summed E-state index contributed by atoms with van der Waals surface area (Å²) >= 11 is 0. The molecule has 0 unspecified atom stereocenters. The van der Waals surface area contributed by atoms with Gasteiger partial charge in [0.15, 0.2) is 0 Å². The molecule has 0 aromatic heterocycles. The first-order valence-corrected chi connectivity index (χ1v) is 7.98. The molecule has 22 heavy (non-hydrogen) atoms. The zero-order chi connectivity index (χ0) is 15.2. The zero-order valence-corrected chi connectivity index (χ0v) is 12.8. The van der Waals surface area contributed by atoms with Crippen molar-refractivity contribution in [2.45, 2.75) is 25.5 Å². The van der Waals surface area contributed by atoms with E-state index in [1.165, 1.54) is 12.8 Å². The first kappa shape index (κ1) is 15.1. The van der Waals surface area contributed by atoms with Crippen molar-refractivity contribution in [2.24, 2.45) is 0 Å². The molecule has 1 heterocycles. The molecule has 1 aliphatic heterocycles. The summed E-state index contributed by atoms with van der Waals surface area (Å²) in [7, 11) is 0. The lowest BCUT2D eigenvalue weighted by Crippen LogP contribution is -2.28. The molecule has 0 saturated carbocycles. The van der Waals surface area contributed by atoms with Crippen LogP contribution in [0.25, 0.3) is 0 Å². The summed E-state index contributed by atoms with van der Waals surface area (Å²) in [6, 6.07) is 18.4. The van der Waals surface area contributed by atoms with E-state index >= 15 is 0 Å². The zero-order valence-electron chi connectivity index (χ0n) is 12.8. The van der Waals surface area contributed by atoms with Gasteiger partial charge in [0.05, 0.1) is 12.6 Å². The van der Waals surface area contributed by atoms with Gasteiger partial charge in [0, 0.05) is 0 Å². The minimum atomic E-state index is 0.116. The van der Waals surface area contributed by atoms with E-state index in [0.717, 1.165) is 30.0 Å². The molecule has 0 amide bonds. The molecule has 1 saturated heterocycles. The number of rotatable bonds is 6. The number of hydrogen-bond acceptors (Lipinski definition) is 3. The Bertz CT molecular complexity index is 562. The topological polar surface area (TPSA) is 32.7 Å². The van der Waals surface area contributed by atoms with Crippen molar-refractivity contribution in [2.75, 3.05) is 19.7 Å². The van der Waals surface area contributed by atoms with Crippen LogP contribution < -0.4 is 4.74 Å². The smallest absolute Gasteiger partial charge is 0.119 e. The maximum atomic E-state index is 9.69. The SMILES string of the molecule is OC[C@@H](c1ccc(OCc2ccccc2)cc1)N1CCCC1. The number of ether oxygens (including phenoxy) is 1. The van der Waals surface area contributed by atoms with Gasteiger partial charge in [-0.05, 0) is 49.2 Å². The third-order valence-corrected chi connectivity index (χ3v) is 4.27. The molecule has 3 nitrogen and oxygen atoms in total. The minimum Gasteiger partial charge on any atom is -0.489 e. The van der Waals surface area contributed by atoms with Crippen LogP contribution in [-0.2, 0) is 6.61 Å². The number of likely N-dealkylation sites (tertiary alicyclic amines) is 1. The van der Waals surface area contributed by atoms with Crippen LogP contribution in [0.5, 0.6) is 5.75 Å². The highest BCUT2D eigenvalue weighted by atomic mass is 16.5. The highest BCUT2D eigenvalue weighted by Gasteiger charge is 2.22. The fourth-order valence-electron chi connectivity index (χ4n) is 3.01. The van der Waals surface area contributed by atoms with Gasteiger partial charge in [-0.25, -0.2) is 0 Å². The van der Waals surface area contributed by atoms with Gasteiger partial charge in [-0.1, -0.05) is 42.5 Å². The van der Waals surface area contributed by atoms with Crippen LogP contribution in [0.1, 0.15) is 30.0 Å². The van der Waals surface area contributed by atoms with Crippen molar-refractivity contribution in [3.05, 3.63) is 65.7 Å². The lowest BCUT2D eigenvalue weighted by Gasteiger charge is -2.26. The largest absolute Gasteiger partial charge is 0.489 e. The van der Waals surface area contributed by atoms with E-state index in [2.05, 4.69) is 29.2 Å². The summed E-state index contributed by atoms with van der Waals surface area (Å²) in [5.74, 6) is 0.866. The Hall–Kier alpha value is -1.84. The number of aliphatic hydroxyl groups excluding tert-OH is 1. The Balaban J connectivity index is 1.61. The van der Waals surface area contributed by atoms with Gasteiger partial charge in [0.25, 0.3) is 0 Å². The normalized spacial score (nSPS) is 16.6. The van der Waals surface area contributed by atoms with Gasteiger partial charge in [0.2, 0.25) is 0 Å². The number of aliphatic hydroxyl groups is 1. The van der Waals surface area contributed by atoms with Crippen LogP contribution >= 0.6 is 0 Å². The molecule has 2 aromatic carbocycles. The highest BCUT2D eigenvalue weighted by Crippen LogP contribution is 2.26. The highest BCUT2D eigenvalue weighted by molar-refractivity contribution is 5.30. The summed E-state index contributed by atoms with van der Waals surface area (Å²) in [5, 5.41) is 9.69. The molecule has 3 heteroatoms. The third-order valence-electron chi connectivity index (χ3n) is 4.27. The van der Waals surface area contributed by atoms with Crippen LogP contribution in [0, 0.1) is 0 Å². The minimum absolute atomic E-state index is 0.116. The maximum Gasteiger partial charge on any atom is 0.119 e.